The number of aromatic nitrogens is 7. The van der Waals surface area contributed by atoms with Crippen LogP contribution in [0, 0.1) is 0 Å². The zero-order valence-corrected chi connectivity index (χ0v) is 22.6. The second-order valence-electron chi connectivity index (χ2n) is 9.62. The molecule has 5 aromatic heterocycles. The van der Waals surface area contributed by atoms with E-state index < -0.39 is 10.0 Å². The summed E-state index contributed by atoms with van der Waals surface area (Å²) in [5.41, 5.74) is 3.20. The van der Waals surface area contributed by atoms with Crippen LogP contribution in [0.15, 0.2) is 49.2 Å². The van der Waals surface area contributed by atoms with Gasteiger partial charge in [-0.3, -0.25) is 9.71 Å². The molecular formula is C25H28N10O3S. The minimum atomic E-state index is -3.44. The first-order chi connectivity index (χ1) is 18.8. The first kappa shape index (κ1) is 25.0. The summed E-state index contributed by atoms with van der Waals surface area (Å²) in [7, 11) is 2.08. The van der Waals surface area contributed by atoms with Crippen molar-refractivity contribution >= 4 is 38.1 Å². The molecule has 13 nitrogen and oxygen atoms in total. The molecule has 0 amide bonds. The maximum atomic E-state index is 12.5. The zero-order chi connectivity index (χ0) is 27.1. The van der Waals surface area contributed by atoms with Gasteiger partial charge in [0, 0.05) is 37.7 Å². The van der Waals surface area contributed by atoms with Crippen LogP contribution in [-0.4, -0.2) is 87.2 Å². The molecule has 0 unspecified atom stereocenters. The van der Waals surface area contributed by atoms with Gasteiger partial charge in [0.1, 0.15) is 0 Å². The Morgan fingerprint density at radius 2 is 1.97 bits per heavy atom. The van der Waals surface area contributed by atoms with Gasteiger partial charge in [0.15, 0.2) is 23.0 Å². The van der Waals surface area contributed by atoms with Gasteiger partial charge < -0.3 is 15.0 Å². The Balaban J connectivity index is 1.45. The van der Waals surface area contributed by atoms with E-state index in [4.69, 9.17) is 14.8 Å². The number of nitrogens with zero attached hydrogens (tertiary/aromatic N) is 8. The predicted octanol–water partition coefficient (Wildman–Crippen LogP) is 2.41. The van der Waals surface area contributed by atoms with Crippen molar-refractivity contribution < 1.29 is 13.2 Å². The van der Waals surface area contributed by atoms with Gasteiger partial charge in [-0.25, -0.2) is 27.6 Å². The predicted molar refractivity (Wildman–Crippen MR) is 148 cm³/mol. The third kappa shape index (κ3) is 4.83. The van der Waals surface area contributed by atoms with Gasteiger partial charge in [0.2, 0.25) is 10.0 Å². The highest BCUT2D eigenvalue weighted by Crippen LogP contribution is 2.34. The Bertz CT molecular complexity index is 1780. The standard InChI is InChI=1S/C25H28N10O3S/c1-33(2)10-8-26-23-19-14-28-20(18-15-30-34-9-4-7-27-24(18)34)12-21(19)35(31-23)25-22(38-3)11-16(13-29-25)32-39(36,37)17-5-6-17/h4,7,9,11-15,17,32H,5-6,8,10H2,1-3H3,(H,26,31). The molecule has 14 heteroatoms. The Hall–Kier alpha value is -4.30. The van der Waals surface area contributed by atoms with E-state index in [-0.39, 0.29) is 5.25 Å². The third-order valence-electron chi connectivity index (χ3n) is 6.45. The van der Waals surface area contributed by atoms with Crippen molar-refractivity contribution in [1.82, 2.24) is 39.2 Å². The summed E-state index contributed by atoms with van der Waals surface area (Å²) in [6.07, 6.45) is 9.84. The molecule has 0 bridgehead atoms. The van der Waals surface area contributed by atoms with Crippen molar-refractivity contribution in [3.05, 3.63) is 49.2 Å². The topological polar surface area (TPSA) is 144 Å². The number of fused-ring (bicyclic) bond motifs is 2. The van der Waals surface area contributed by atoms with Crippen LogP contribution in [-0.2, 0) is 10.0 Å². The molecule has 0 radical (unpaired) electrons. The number of ether oxygens (including phenoxy) is 1. The van der Waals surface area contributed by atoms with Gasteiger partial charge in [0.25, 0.3) is 0 Å². The van der Waals surface area contributed by atoms with Crippen molar-refractivity contribution in [3.63, 3.8) is 0 Å². The number of hydrogen-bond acceptors (Lipinski definition) is 10. The van der Waals surface area contributed by atoms with E-state index in [9.17, 15) is 8.42 Å². The number of likely N-dealkylation sites (N-methyl/N-ethyl adjacent to an activating group) is 1. The molecule has 0 saturated heterocycles. The number of nitrogens with one attached hydrogen (secondary N) is 2. The van der Waals surface area contributed by atoms with Crippen molar-refractivity contribution in [1.29, 1.82) is 0 Å². The first-order valence-electron chi connectivity index (χ1n) is 12.5. The normalized spacial score (nSPS) is 13.8. The van der Waals surface area contributed by atoms with Crippen molar-refractivity contribution in [3.8, 4) is 22.8 Å². The van der Waals surface area contributed by atoms with Crippen LogP contribution in [0.2, 0.25) is 0 Å². The van der Waals surface area contributed by atoms with Crippen LogP contribution in [0.5, 0.6) is 5.75 Å². The van der Waals surface area contributed by atoms with Gasteiger partial charge in [-0.05, 0) is 39.1 Å². The van der Waals surface area contributed by atoms with Crippen molar-refractivity contribution in [2.45, 2.75) is 18.1 Å². The van der Waals surface area contributed by atoms with Gasteiger partial charge in [-0.1, -0.05) is 0 Å². The molecule has 2 N–H and O–H groups in total. The van der Waals surface area contributed by atoms with E-state index in [2.05, 4.69) is 30.0 Å². The molecule has 1 aliphatic carbocycles. The number of rotatable bonds is 10. The fourth-order valence-corrected chi connectivity index (χ4v) is 5.65. The molecule has 5 aromatic rings. The van der Waals surface area contributed by atoms with Crippen LogP contribution in [0.25, 0.3) is 33.6 Å². The summed E-state index contributed by atoms with van der Waals surface area (Å²) in [6.45, 7) is 1.48. The highest BCUT2D eigenvalue weighted by molar-refractivity contribution is 7.93. The lowest BCUT2D eigenvalue weighted by atomic mass is 10.2. The van der Waals surface area contributed by atoms with Gasteiger partial charge >= 0.3 is 0 Å². The van der Waals surface area contributed by atoms with Crippen LogP contribution >= 0.6 is 0 Å². The lowest BCUT2D eigenvalue weighted by molar-refractivity contribution is 0.410. The number of methoxy groups -OCH3 is 1. The Kier molecular flexibility index (Phi) is 6.27. The summed E-state index contributed by atoms with van der Waals surface area (Å²) >= 11 is 0. The number of sulfonamides is 1. The molecule has 39 heavy (non-hydrogen) atoms. The van der Waals surface area contributed by atoms with E-state index in [0.29, 0.717) is 53.8 Å². The minimum absolute atomic E-state index is 0.336. The van der Waals surface area contributed by atoms with E-state index in [1.165, 1.54) is 13.3 Å². The van der Waals surface area contributed by atoms with E-state index in [1.54, 1.807) is 33.9 Å². The van der Waals surface area contributed by atoms with Crippen molar-refractivity contribution in [2.24, 2.45) is 0 Å². The summed E-state index contributed by atoms with van der Waals surface area (Å²) < 4.78 is 36.5. The van der Waals surface area contributed by atoms with Crippen LogP contribution < -0.4 is 14.8 Å². The Morgan fingerprint density at radius 1 is 1.13 bits per heavy atom. The second-order valence-corrected chi connectivity index (χ2v) is 11.6. The maximum Gasteiger partial charge on any atom is 0.235 e. The lowest BCUT2D eigenvalue weighted by Crippen LogP contribution is -2.21. The molecular weight excluding hydrogens is 520 g/mol. The lowest BCUT2D eigenvalue weighted by Gasteiger charge is -2.12. The van der Waals surface area contributed by atoms with E-state index in [1.807, 2.05) is 32.4 Å². The van der Waals surface area contributed by atoms with Crippen LogP contribution in [0.4, 0.5) is 11.5 Å². The third-order valence-corrected chi connectivity index (χ3v) is 8.32. The Labute approximate surface area is 224 Å². The quantitative estimate of drug-likeness (QED) is 0.267. The molecule has 202 valence electrons. The summed E-state index contributed by atoms with van der Waals surface area (Å²) in [5, 5.41) is 13.0. The largest absolute Gasteiger partial charge is 0.493 e. The summed E-state index contributed by atoms with van der Waals surface area (Å²) in [5.74, 6) is 1.42. The molecule has 1 fully saturated rings. The van der Waals surface area contributed by atoms with E-state index >= 15 is 0 Å². The average molecular weight is 549 g/mol. The molecule has 1 aliphatic rings. The SMILES string of the molecule is COc1cc(NS(=O)(=O)C2CC2)cnc1-n1nc(NCCN(C)C)c2cnc(-c3cnn4cccnc34)cc21. The fraction of sp³-hybridized carbons (Fsp3) is 0.320. The summed E-state index contributed by atoms with van der Waals surface area (Å²) in [4.78, 5) is 15.8. The number of anilines is 2. The molecule has 6 rings (SSSR count). The first-order valence-corrected chi connectivity index (χ1v) is 14.0. The molecule has 5 heterocycles. The summed E-state index contributed by atoms with van der Waals surface area (Å²) in [6, 6.07) is 5.34. The molecule has 0 atom stereocenters. The van der Waals surface area contributed by atoms with E-state index in [0.717, 1.165) is 23.0 Å². The zero-order valence-electron chi connectivity index (χ0n) is 21.7. The maximum absolute atomic E-state index is 12.5. The number of pyridine rings is 2. The molecule has 0 aliphatic heterocycles. The highest BCUT2D eigenvalue weighted by atomic mass is 32.2. The fourth-order valence-electron chi connectivity index (χ4n) is 4.28. The molecule has 0 spiro atoms. The second kappa shape index (κ2) is 9.78. The monoisotopic (exact) mass is 548 g/mol. The molecule has 1 saturated carbocycles. The van der Waals surface area contributed by atoms with Crippen LogP contribution in [0.1, 0.15) is 12.8 Å². The number of hydrogen-bond donors (Lipinski definition) is 2. The average Bonchev–Trinajstić information content (AvgIpc) is 3.62. The Morgan fingerprint density at radius 3 is 2.74 bits per heavy atom. The van der Waals surface area contributed by atoms with Crippen LogP contribution in [0.3, 0.4) is 0 Å². The minimum Gasteiger partial charge on any atom is -0.493 e. The smallest absolute Gasteiger partial charge is 0.235 e. The van der Waals surface area contributed by atoms with Gasteiger partial charge in [0.05, 0.1) is 52.6 Å². The van der Waals surface area contributed by atoms with Crippen molar-refractivity contribution in [2.75, 3.05) is 44.3 Å². The van der Waals surface area contributed by atoms with Gasteiger partial charge in [-0.2, -0.15) is 5.10 Å². The molecule has 0 aromatic carbocycles. The highest BCUT2D eigenvalue weighted by Gasteiger charge is 2.36. The van der Waals surface area contributed by atoms with Gasteiger partial charge in [-0.15, -0.1) is 5.10 Å².